The Kier molecular flexibility index (Phi) is 5.69. The van der Waals surface area contributed by atoms with E-state index in [0.29, 0.717) is 24.7 Å². The van der Waals surface area contributed by atoms with E-state index in [-0.39, 0.29) is 24.8 Å². The molecule has 1 atom stereocenters. The molecule has 1 saturated heterocycles. The van der Waals surface area contributed by atoms with Crippen LogP contribution in [0.25, 0.3) is 0 Å². The fraction of sp³-hybridized carbons (Fsp3) is 0.429. The zero-order valence-electron chi connectivity index (χ0n) is 11.4. The molecule has 1 aromatic carbocycles. The van der Waals surface area contributed by atoms with Crippen molar-refractivity contribution in [1.82, 2.24) is 10.2 Å². The summed E-state index contributed by atoms with van der Waals surface area (Å²) in [5.74, 6) is -0.920. The number of benzene rings is 1. The molecule has 1 fully saturated rings. The molecule has 0 bridgehead atoms. The molecule has 1 aliphatic rings. The van der Waals surface area contributed by atoms with E-state index >= 15 is 0 Å². The minimum absolute atomic E-state index is 0.0794. The monoisotopic (exact) mass is 312 g/mol. The molecule has 0 aliphatic carbocycles. The van der Waals surface area contributed by atoms with Crippen molar-refractivity contribution in [3.63, 3.8) is 0 Å². The van der Waals surface area contributed by atoms with Crippen LogP contribution in [-0.2, 0) is 9.53 Å². The fourth-order valence-corrected chi connectivity index (χ4v) is 2.34. The van der Waals surface area contributed by atoms with Gasteiger partial charge in [-0.2, -0.15) is 0 Å². The van der Waals surface area contributed by atoms with E-state index < -0.39 is 11.8 Å². The second kappa shape index (κ2) is 7.51. The number of carbonyl (C=O) groups is 2. The van der Waals surface area contributed by atoms with Crippen molar-refractivity contribution < 1.29 is 19.4 Å². The summed E-state index contributed by atoms with van der Waals surface area (Å²) in [4.78, 5) is 25.7. The van der Waals surface area contributed by atoms with Crippen LogP contribution in [-0.4, -0.2) is 60.8 Å². The van der Waals surface area contributed by atoms with E-state index in [1.54, 1.807) is 24.3 Å². The van der Waals surface area contributed by atoms with Crippen molar-refractivity contribution in [1.29, 1.82) is 0 Å². The third kappa shape index (κ3) is 4.50. The highest BCUT2D eigenvalue weighted by Gasteiger charge is 2.22. The summed E-state index contributed by atoms with van der Waals surface area (Å²) < 4.78 is 5.30. The van der Waals surface area contributed by atoms with Crippen LogP contribution >= 0.6 is 11.6 Å². The number of carbonyl (C=O) groups excluding carboxylic acids is 2. The molecule has 2 N–H and O–H groups in total. The lowest BCUT2D eigenvalue weighted by Gasteiger charge is -2.31. The van der Waals surface area contributed by atoms with Crippen LogP contribution in [0, 0.1) is 0 Å². The average molecular weight is 313 g/mol. The van der Waals surface area contributed by atoms with Crippen LogP contribution in [0.15, 0.2) is 24.3 Å². The molecule has 1 aliphatic heterocycles. The minimum Gasteiger partial charge on any atom is -0.394 e. The van der Waals surface area contributed by atoms with Crippen molar-refractivity contribution in [2.45, 2.75) is 6.10 Å². The molecule has 2 amide bonds. The van der Waals surface area contributed by atoms with Gasteiger partial charge >= 0.3 is 0 Å². The van der Waals surface area contributed by atoms with Gasteiger partial charge in [-0.1, -0.05) is 23.7 Å². The van der Waals surface area contributed by atoms with Crippen molar-refractivity contribution in [2.75, 3.05) is 32.8 Å². The molecule has 1 heterocycles. The quantitative estimate of drug-likeness (QED) is 0.835. The van der Waals surface area contributed by atoms with Crippen LogP contribution in [0.3, 0.4) is 0 Å². The van der Waals surface area contributed by atoms with E-state index in [9.17, 15) is 9.59 Å². The molecule has 1 aromatic rings. The first-order valence-electron chi connectivity index (χ1n) is 6.63. The third-order valence-corrected chi connectivity index (χ3v) is 3.49. The number of aliphatic hydroxyl groups is 1. The number of ether oxygens (including phenoxy) is 1. The lowest BCUT2D eigenvalue weighted by atomic mass is 10.2. The summed E-state index contributed by atoms with van der Waals surface area (Å²) in [5, 5.41) is 11.7. The minimum atomic E-state index is -0.516. The van der Waals surface area contributed by atoms with Gasteiger partial charge in [-0.05, 0) is 12.1 Å². The summed E-state index contributed by atoms with van der Waals surface area (Å²) in [6, 6.07) is 6.54. The van der Waals surface area contributed by atoms with Gasteiger partial charge < -0.3 is 9.84 Å². The van der Waals surface area contributed by atoms with Gasteiger partial charge in [0.2, 0.25) is 5.91 Å². The molecule has 2 rings (SSSR count). The van der Waals surface area contributed by atoms with Crippen molar-refractivity contribution in [3.05, 3.63) is 34.9 Å². The van der Waals surface area contributed by atoms with Crippen molar-refractivity contribution in [3.8, 4) is 0 Å². The molecule has 21 heavy (non-hydrogen) atoms. The molecule has 1 unspecified atom stereocenters. The zero-order valence-corrected chi connectivity index (χ0v) is 12.2. The van der Waals surface area contributed by atoms with Crippen LogP contribution in [0.4, 0.5) is 0 Å². The number of amides is 2. The Labute approximate surface area is 127 Å². The standard InChI is InChI=1S/C14H17ClN2O4/c15-12-4-2-1-3-11(12)14(20)16-13(19)8-17-5-6-21-10(7-17)9-18/h1-4,10,18H,5-9H2,(H,16,19,20). The highest BCUT2D eigenvalue weighted by Crippen LogP contribution is 2.14. The number of hydrogen-bond donors (Lipinski definition) is 2. The first-order valence-corrected chi connectivity index (χ1v) is 7.01. The van der Waals surface area contributed by atoms with Gasteiger partial charge in [0.05, 0.1) is 36.4 Å². The van der Waals surface area contributed by atoms with Crippen LogP contribution in [0.2, 0.25) is 5.02 Å². The third-order valence-electron chi connectivity index (χ3n) is 3.17. The zero-order chi connectivity index (χ0) is 15.2. The van der Waals surface area contributed by atoms with Crippen molar-refractivity contribution in [2.24, 2.45) is 0 Å². The number of aliphatic hydroxyl groups excluding tert-OH is 1. The Morgan fingerprint density at radius 2 is 2.19 bits per heavy atom. The van der Waals surface area contributed by atoms with E-state index in [1.165, 1.54) is 0 Å². The normalized spacial score (nSPS) is 19.2. The smallest absolute Gasteiger partial charge is 0.259 e. The van der Waals surface area contributed by atoms with Gasteiger partial charge in [0.15, 0.2) is 0 Å². The lowest BCUT2D eigenvalue weighted by Crippen LogP contribution is -2.48. The molecule has 0 spiro atoms. The maximum atomic E-state index is 11.9. The highest BCUT2D eigenvalue weighted by atomic mass is 35.5. The fourth-order valence-electron chi connectivity index (χ4n) is 2.12. The maximum Gasteiger partial charge on any atom is 0.259 e. The SMILES string of the molecule is O=C(CN1CCOC(CO)C1)NC(=O)c1ccccc1Cl. The number of nitrogens with zero attached hydrogens (tertiary/aromatic N) is 1. The number of morpholine rings is 1. The molecule has 0 aromatic heterocycles. The van der Waals surface area contributed by atoms with E-state index in [1.807, 2.05) is 4.90 Å². The largest absolute Gasteiger partial charge is 0.394 e. The predicted molar refractivity (Wildman–Crippen MR) is 77.2 cm³/mol. The summed E-state index contributed by atoms with van der Waals surface area (Å²) in [5.41, 5.74) is 0.266. The number of halogens is 1. The Morgan fingerprint density at radius 1 is 1.43 bits per heavy atom. The van der Waals surface area contributed by atoms with Gasteiger partial charge in [0.25, 0.3) is 5.91 Å². The number of hydrogen-bond acceptors (Lipinski definition) is 5. The molecule has 114 valence electrons. The Bertz CT molecular complexity index is 523. The molecule has 0 saturated carbocycles. The summed E-state index contributed by atoms with van der Waals surface area (Å²) in [7, 11) is 0. The van der Waals surface area contributed by atoms with Crippen LogP contribution < -0.4 is 5.32 Å². The molecular weight excluding hydrogens is 296 g/mol. The summed E-state index contributed by atoms with van der Waals surface area (Å²) in [6.45, 7) is 1.50. The lowest BCUT2D eigenvalue weighted by molar-refractivity contribution is -0.123. The molecule has 6 nitrogen and oxygen atoms in total. The number of nitrogens with one attached hydrogen (secondary N) is 1. The van der Waals surface area contributed by atoms with E-state index in [2.05, 4.69) is 5.32 Å². The van der Waals surface area contributed by atoms with E-state index in [0.717, 1.165) is 0 Å². The number of rotatable bonds is 4. The molecule has 0 radical (unpaired) electrons. The average Bonchev–Trinajstić information content (AvgIpc) is 2.47. The topological polar surface area (TPSA) is 78.9 Å². The first-order chi connectivity index (χ1) is 10.1. The van der Waals surface area contributed by atoms with Gasteiger partial charge in [-0.3, -0.25) is 19.8 Å². The molecular formula is C14H17ClN2O4. The first kappa shape index (κ1) is 15.9. The summed E-state index contributed by atoms with van der Waals surface area (Å²) >= 11 is 5.91. The number of imide groups is 1. The highest BCUT2D eigenvalue weighted by molar-refractivity contribution is 6.34. The van der Waals surface area contributed by atoms with Crippen LogP contribution in [0.5, 0.6) is 0 Å². The van der Waals surface area contributed by atoms with Gasteiger partial charge in [-0.15, -0.1) is 0 Å². The second-order valence-electron chi connectivity index (χ2n) is 4.77. The van der Waals surface area contributed by atoms with Gasteiger partial charge in [0, 0.05) is 13.1 Å². The van der Waals surface area contributed by atoms with Gasteiger partial charge in [-0.25, -0.2) is 0 Å². The Balaban J connectivity index is 1.87. The van der Waals surface area contributed by atoms with E-state index in [4.69, 9.17) is 21.4 Å². The molecule has 7 heteroatoms. The summed E-state index contributed by atoms with van der Waals surface area (Å²) in [6.07, 6.45) is -0.286. The maximum absolute atomic E-state index is 11.9. The van der Waals surface area contributed by atoms with Crippen LogP contribution in [0.1, 0.15) is 10.4 Å². The Hall–Kier alpha value is -1.47. The Morgan fingerprint density at radius 3 is 2.90 bits per heavy atom. The second-order valence-corrected chi connectivity index (χ2v) is 5.17. The van der Waals surface area contributed by atoms with Crippen molar-refractivity contribution >= 4 is 23.4 Å². The predicted octanol–water partition coefficient (Wildman–Crippen LogP) is 0.290. The van der Waals surface area contributed by atoms with Gasteiger partial charge in [0.1, 0.15) is 0 Å².